The van der Waals surface area contributed by atoms with Crippen LogP contribution in [0.4, 0.5) is 5.69 Å². The first-order chi connectivity index (χ1) is 11.8. The van der Waals surface area contributed by atoms with Crippen LogP contribution in [0.25, 0.3) is 11.3 Å². The van der Waals surface area contributed by atoms with Crippen molar-refractivity contribution in [2.45, 2.75) is 43.8 Å². The van der Waals surface area contributed by atoms with Gasteiger partial charge in [0.1, 0.15) is 11.6 Å². The smallest absolute Gasteiger partial charge is 0.270 e. The Hall–Kier alpha value is -2.26. The molecule has 0 saturated heterocycles. The van der Waals surface area contributed by atoms with Gasteiger partial charge in [-0.3, -0.25) is 4.79 Å². The highest BCUT2D eigenvalue weighted by molar-refractivity contribution is 7.98. The second kappa shape index (κ2) is 6.23. The average molecular weight is 354 g/mol. The van der Waals surface area contributed by atoms with Crippen molar-refractivity contribution in [2.24, 2.45) is 0 Å². The van der Waals surface area contributed by atoms with E-state index in [4.69, 9.17) is 0 Å². The molecule has 1 unspecified atom stereocenters. The molecular weight excluding hydrogens is 332 g/mol. The van der Waals surface area contributed by atoms with Gasteiger partial charge < -0.3 is 9.88 Å². The predicted octanol–water partition coefficient (Wildman–Crippen LogP) is 3.75. The van der Waals surface area contributed by atoms with E-state index in [0.717, 1.165) is 12.0 Å². The summed E-state index contributed by atoms with van der Waals surface area (Å²) in [6.07, 6.45) is 2.89. The van der Waals surface area contributed by atoms with Crippen LogP contribution in [0.3, 0.4) is 0 Å². The highest BCUT2D eigenvalue weighted by Gasteiger charge is 2.34. The van der Waals surface area contributed by atoms with E-state index in [1.807, 2.05) is 18.4 Å². The minimum absolute atomic E-state index is 0.0647. The van der Waals surface area contributed by atoms with Gasteiger partial charge in [0.05, 0.1) is 5.69 Å². The Labute approximate surface area is 152 Å². The molecule has 0 saturated carbocycles. The number of hydrogen-bond donors (Lipinski definition) is 1. The number of aromatic nitrogens is 2. The second-order valence-corrected chi connectivity index (χ2v) is 7.96. The number of rotatable bonds is 2. The number of aromatic amines is 1. The fraction of sp³-hybridized carbons (Fsp3) is 0.421. The van der Waals surface area contributed by atoms with Crippen LogP contribution in [0, 0.1) is 11.3 Å². The van der Waals surface area contributed by atoms with Crippen molar-refractivity contribution in [3.05, 3.63) is 39.7 Å². The van der Waals surface area contributed by atoms with Crippen molar-refractivity contribution in [3.8, 4) is 17.3 Å². The lowest BCUT2D eigenvalue weighted by atomic mass is 9.80. The van der Waals surface area contributed by atoms with Crippen LogP contribution in [0.15, 0.2) is 28.2 Å². The van der Waals surface area contributed by atoms with Crippen molar-refractivity contribution in [1.29, 1.82) is 5.26 Å². The van der Waals surface area contributed by atoms with Crippen LogP contribution in [0.5, 0.6) is 0 Å². The Balaban J connectivity index is 2.20. The molecular formula is C19H22N4OS. The molecule has 2 aromatic rings. The molecule has 0 amide bonds. The molecule has 25 heavy (non-hydrogen) atoms. The zero-order chi connectivity index (χ0) is 18.4. The molecule has 5 nitrogen and oxygen atoms in total. The van der Waals surface area contributed by atoms with Gasteiger partial charge >= 0.3 is 0 Å². The standard InChI is InChI=1S/C19H22N4OS/c1-11-9-19(2,3)23(4)15-7-6-12(8-13(11)15)16-14(10-20)17(24)22-18(21-16)25-5/h6-8,11H,9H2,1-5H3,(H,21,22,24). The monoisotopic (exact) mass is 354 g/mol. The molecule has 0 bridgehead atoms. The summed E-state index contributed by atoms with van der Waals surface area (Å²) in [5.74, 6) is 0.397. The Morgan fingerprint density at radius 2 is 2.16 bits per heavy atom. The molecule has 3 rings (SSSR count). The summed E-state index contributed by atoms with van der Waals surface area (Å²) >= 11 is 1.36. The van der Waals surface area contributed by atoms with Gasteiger partial charge in [0, 0.05) is 23.8 Å². The van der Waals surface area contributed by atoms with E-state index in [-0.39, 0.29) is 16.7 Å². The van der Waals surface area contributed by atoms with Crippen molar-refractivity contribution < 1.29 is 0 Å². The third-order valence-electron chi connectivity index (χ3n) is 5.11. The summed E-state index contributed by atoms with van der Waals surface area (Å²) in [6, 6.07) is 8.11. The summed E-state index contributed by atoms with van der Waals surface area (Å²) < 4.78 is 0. The second-order valence-electron chi connectivity index (χ2n) is 7.16. The first-order valence-electron chi connectivity index (χ1n) is 8.25. The van der Waals surface area contributed by atoms with E-state index in [2.05, 4.69) is 54.8 Å². The zero-order valence-electron chi connectivity index (χ0n) is 15.2. The fourth-order valence-electron chi connectivity index (χ4n) is 3.59. The van der Waals surface area contributed by atoms with Crippen LogP contribution in [0.1, 0.15) is 44.2 Å². The summed E-state index contributed by atoms with van der Waals surface area (Å²) in [7, 11) is 2.11. The zero-order valence-corrected chi connectivity index (χ0v) is 16.0. The average Bonchev–Trinajstić information content (AvgIpc) is 2.58. The molecule has 1 atom stereocenters. The molecule has 1 aromatic heterocycles. The van der Waals surface area contributed by atoms with E-state index >= 15 is 0 Å². The van der Waals surface area contributed by atoms with Crippen LogP contribution in [0.2, 0.25) is 0 Å². The minimum Gasteiger partial charge on any atom is -0.369 e. The van der Waals surface area contributed by atoms with Gasteiger partial charge in [-0.25, -0.2) is 4.98 Å². The number of fused-ring (bicyclic) bond motifs is 1. The maximum atomic E-state index is 12.2. The van der Waals surface area contributed by atoms with Gasteiger partial charge in [-0.2, -0.15) is 5.26 Å². The normalized spacial score (nSPS) is 18.6. The van der Waals surface area contributed by atoms with Gasteiger partial charge in [0.25, 0.3) is 5.56 Å². The molecule has 0 radical (unpaired) electrons. The highest BCUT2D eigenvalue weighted by atomic mass is 32.2. The number of nitrogens with one attached hydrogen (secondary N) is 1. The summed E-state index contributed by atoms with van der Waals surface area (Å²) in [6.45, 7) is 6.72. The third-order valence-corrected chi connectivity index (χ3v) is 5.69. The maximum Gasteiger partial charge on any atom is 0.270 e. The van der Waals surface area contributed by atoms with Gasteiger partial charge in [-0.15, -0.1) is 0 Å². The van der Waals surface area contributed by atoms with Gasteiger partial charge in [0.2, 0.25) is 0 Å². The fourth-order valence-corrected chi connectivity index (χ4v) is 3.96. The number of H-pyrrole nitrogens is 1. The first kappa shape index (κ1) is 17.6. The first-order valence-corrected chi connectivity index (χ1v) is 9.47. The van der Waals surface area contributed by atoms with Crippen molar-refractivity contribution in [2.75, 3.05) is 18.2 Å². The Kier molecular flexibility index (Phi) is 4.38. The van der Waals surface area contributed by atoms with Crippen molar-refractivity contribution >= 4 is 17.4 Å². The molecule has 2 heterocycles. The highest BCUT2D eigenvalue weighted by Crippen LogP contribution is 2.43. The van der Waals surface area contributed by atoms with Crippen molar-refractivity contribution in [3.63, 3.8) is 0 Å². The lowest BCUT2D eigenvalue weighted by molar-refractivity contribution is 0.395. The van der Waals surface area contributed by atoms with Gasteiger partial charge in [-0.1, -0.05) is 24.8 Å². The Bertz CT molecular complexity index is 926. The summed E-state index contributed by atoms with van der Waals surface area (Å²) in [5.41, 5.74) is 3.47. The summed E-state index contributed by atoms with van der Waals surface area (Å²) in [5, 5.41) is 9.92. The van der Waals surface area contributed by atoms with Crippen LogP contribution in [-0.2, 0) is 0 Å². The molecule has 0 aliphatic carbocycles. The molecule has 1 N–H and O–H groups in total. The van der Waals surface area contributed by atoms with Gasteiger partial charge in [-0.05, 0) is 50.1 Å². The maximum absolute atomic E-state index is 12.2. The topological polar surface area (TPSA) is 72.8 Å². The Morgan fingerprint density at radius 1 is 1.44 bits per heavy atom. The predicted molar refractivity (Wildman–Crippen MR) is 102 cm³/mol. The molecule has 1 aliphatic rings. The molecule has 0 spiro atoms. The largest absolute Gasteiger partial charge is 0.369 e. The molecule has 0 fully saturated rings. The molecule has 130 valence electrons. The SMILES string of the molecule is CSc1nc(-c2ccc3c(c2)C(C)CC(C)(C)N3C)c(C#N)c(=O)[nH]1. The van der Waals surface area contributed by atoms with E-state index < -0.39 is 0 Å². The lowest BCUT2D eigenvalue weighted by Gasteiger charge is -2.45. The molecule has 1 aromatic carbocycles. The number of benzene rings is 1. The van der Waals surface area contributed by atoms with E-state index in [1.165, 1.54) is 23.0 Å². The molecule has 6 heteroatoms. The number of thioether (sulfide) groups is 1. The van der Waals surface area contributed by atoms with E-state index in [9.17, 15) is 10.1 Å². The van der Waals surface area contributed by atoms with Crippen LogP contribution >= 0.6 is 11.8 Å². The quantitative estimate of drug-likeness (QED) is 0.657. The summed E-state index contributed by atoms with van der Waals surface area (Å²) in [4.78, 5) is 21.6. The minimum atomic E-state index is -0.388. The van der Waals surface area contributed by atoms with E-state index in [0.29, 0.717) is 16.8 Å². The number of hydrogen-bond acceptors (Lipinski definition) is 5. The van der Waals surface area contributed by atoms with Crippen molar-refractivity contribution in [1.82, 2.24) is 9.97 Å². The Morgan fingerprint density at radius 3 is 2.80 bits per heavy atom. The molecule has 1 aliphatic heterocycles. The number of nitrogens with zero attached hydrogens (tertiary/aromatic N) is 3. The van der Waals surface area contributed by atoms with E-state index in [1.54, 1.807) is 0 Å². The lowest BCUT2D eigenvalue weighted by Crippen LogP contribution is -2.45. The van der Waals surface area contributed by atoms with Crippen LogP contribution < -0.4 is 10.5 Å². The van der Waals surface area contributed by atoms with Gasteiger partial charge in [0.15, 0.2) is 5.16 Å². The van der Waals surface area contributed by atoms with Crippen LogP contribution in [-0.4, -0.2) is 28.8 Å². The number of anilines is 1. The number of nitriles is 1. The third kappa shape index (κ3) is 2.93.